The van der Waals surface area contributed by atoms with Crippen molar-refractivity contribution in [3.63, 3.8) is 0 Å². The first-order valence-corrected chi connectivity index (χ1v) is 10.8. The highest BCUT2D eigenvalue weighted by Crippen LogP contribution is 2.44. The van der Waals surface area contributed by atoms with Gasteiger partial charge in [-0.3, -0.25) is 9.69 Å². The van der Waals surface area contributed by atoms with Gasteiger partial charge in [0.15, 0.2) is 5.78 Å². The van der Waals surface area contributed by atoms with E-state index >= 15 is 0 Å². The lowest BCUT2D eigenvalue weighted by Crippen LogP contribution is -2.51. The van der Waals surface area contributed by atoms with Crippen molar-refractivity contribution < 1.29 is 18.7 Å². The zero-order valence-corrected chi connectivity index (χ0v) is 18.5. The van der Waals surface area contributed by atoms with Crippen LogP contribution in [-0.2, 0) is 16.0 Å². The Morgan fingerprint density at radius 3 is 2.72 bits per heavy atom. The highest BCUT2D eigenvalue weighted by Gasteiger charge is 2.52. The van der Waals surface area contributed by atoms with Gasteiger partial charge in [0.2, 0.25) is 0 Å². The molecule has 2 fully saturated rings. The summed E-state index contributed by atoms with van der Waals surface area (Å²) >= 11 is 3.22. The summed E-state index contributed by atoms with van der Waals surface area (Å²) in [7, 11) is 0. The predicted octanol–water partition coefficient (Wildman–Crippen LogP) is 5.02. The van der Waals surface area contributed by atoms with Gasteiger partial charge in [-0.1, -0.05) is 22.0 Å². The molecule has 0 spiro atoms. The van der Waals surface area contributed by atoms with Gasteiger partial charge in [0, 0.05) is 16.9 Å². The zero-order valence-electron chi connectivity index (χ0n) is 17.0. The van der Waals surface area contributed by atoms with Crippen LogP contribution >= 0.6 is 15.9 Å². The lowest BCUT2D eigenvalue weighted by atomic mass is 9.88. The van der Waals surface area contributed by atoms with Gasteiger partial charge in [0.25, 0.3) is 0 Å². The summed E-state index contributed by atoms with van der Waals surface area (Å²) in [6, 6.07) is 6.31. The first-order valence-electron chi connectivity index (χ1n) is 9.96. The molecule has 1 heterocycles. The van der Waals surface area contributed by atoms with Crippen LogP contribution in [0.5, 0.6) is 0 Å². The Labute approximate surface area is 179 Å². The molecule has 7 heteroatoms. The van der Waals surface area contributed by atoms with Crippen LogP contribution in [0, 0.1) is 29.0 Å². The number of Topliss-reactive ketones (excluding diaryl/α,β-unsaturated/α-hetero) is 1. The van der Waals surface area contributed by atoms with Crippen molar-refractivity contribution in [1.82, 2.24) is 4.90 Å². The SMILES string of the molecule is CC(C)(C)OC(=O)N1[C@@H]2CC[C@@H](C2)[C@H]1C(=O)CC(C#N)Cc1ccc(Br)cc1F. The van der Waals surface area contributed by atoms with Crippen LogP contribution in [-0.4, -0.2) is 34.5 Å². The molecule has 0 aromatic heterocycles. The summed E-state index contributed by atoms with van der Waals surface area (Å²) in [4.78, 5) is 27.4. The zero-order chi connectivity index (χ0) is 21.3. The molecule has 1 amide bonds. The van der Waals surface area contributed by atoms with Crippen LogP contribution in [0.3, 0.4) is 0 Å². The topological polar surface area (TPSA) is 70.4 Å². The van der Waals surface area contributed by atoms with Crippen molar-refractivity contribution in [2.75, 3.05) is 0 Å². The Bertz CT molecular complexity index is 845. The minimum absolute atomic E-state index is 0.000805. The van der Waals surface area contributed by atoms with Crippen molar-refractivity contribution in [3.05, 3.63) is 34.1 Å². The maximum Gasteiger partial charge on any atom is 0.411 e. The number of ketones is 1. The van der Waals surface area contributed by atoms with E-state index in [0.717, 1.165) is 19.3 Å². The van der Waals surface area contributed by atoms with Crippen molar-refractivity contribution in [2.45, 2.75) is 70.6 Å². The number of ether oxygens (including phenoxy) is 1. The minimum Gasteiger partial charge on any atom is -0.444 e. The van der Waals surface area contributed by atoms with Gasteiger partial charge in [-0.2, -0.15) is 5.26 Å². The average Bonchev–Trinajstić information content (AvgIpc) is 3.23. The maximum atomic E-state index is 14.1. The fraction of sp³-hybridized carbons (Fsp3) is 0.591. The number of carbonyl (C=O) groups is 2. The smallest absolute Gasteiger partial charge is 0.411 e. The van der Waals surface area contributed by atoms with Crippen LogP contribution in [0.2, 0.25) is 0 Å². The largest absolute Gasteiger partial charge is 0.444 e. The van der Waals surface area contributed by atoms with E-state index in [4.69, 9.17) is 4.74 Å². The summed E-state index contributed by atoms with van der Waals surface area (Å²) in [5.41, 5.74) is -0.231. The molecule has 1 aliphatic carbocycles. The molecule has 29 heavy (non-hydrogen) atoms. The molecule has 1 saturated carbocycles. The third-order valence-corrected chi connectivity index (χ3v) is 6.12. The summed E-state index contributed by atoms with van der Waals surface area (Å²) in [6.45, 7) is 5.40. The van der Waals surface area contributed by atoms with Crippen LogP contribution in [0.1, 0.15) is 52.0 Å². The third kappa shape index (κ3) is 4.98. The second-order valence-electron chi connectivity index (χ2n) is 9.00. The number of carbonyl (C=O) groups excluding carboxylic acids is 2. The molecule has 2 aliphatic rings. The number of nitriles is 1. The van der Waals surface area contributed by atoms with E-state index in [2.05, 4.69) is 22.0 Å². The van der Waals surface area contributed by atoms with Gasteiger partial charge in [0.05, 0.1) is 18.0 Å². The fourth-order valence-electron chi connectivity index (χ4n) is 4.46. The van der Waals surface area contributed by atoms with Crippen molar-refractivity contribution in [3.8, 4) is 6.07 Å². The molecule has 2 bridgehead atoms. The van der Waals surface area contributed by atoms with E-state index in [0.29, 0.717) is 10.0 Å². The number of likely N-dealkylation sites (tertiary alicyclic amines) is 1. The molecule has 1 unspecified atom stereocenters. The fourth-order valence-corrected chi connectivity index (χ4v) is 4.79. The number of rotatable bonds is 5. The second-order valence-corrected chi connectivity index (χ2v) is 9.91. The first kappa shape index (κ1) is 21.8. The molecular formula is C22H26BrFN2O3. The molecule has 1 aromatic rings. The van der Waals surface area contributed by atoms with Gasteiger partial charge in [0.1, 0.15) is 11.4 Å². The second kappa shape index (κ2) is 8.43. The normalized spacial score (nSPS) is 24.3. The molecule has 0 N–H and O–H groups in total. The van der Waals surface area contributed by atoms with Gasteiger partial charge in [-0.25, -0.2) is 9.18 Å². The van der Waals surface area contributed by atoms with Crippen molar-refractivity contribution in [2.24, 2.45) is 11.8 Å². The standard InChI is InChI=1S/C22H26BrFN2O3/c1-22(2,3)29-21(28)26-17-7-5-15(10-17)20(26)19(27)9-13(12-25)8-14-4-6-16(23)11-18(14)24/h4,6,11,13,15,17,20H,5,7-10H2,1-3H3/t13?,15-,17+,20-/m0/s1. The van der Waals surface area contributed by atoms with Crippen molar-refractivity contribution >= 4 is 27.8 Å². The average molecular weight is 465 g/mol. The molecule has 1 saturated heterocycles. The first-order chi connectivity index (χ1) is 13.6. The number of amides is 1. The Hall–Kier alpha value is -1.94. The molecule has 3 rings (SSSR count). The molecule has 156 valence electrons. The van der Waals surface area contributed by atoms with Gasteiger partial charge < -0.3 is 4.74 Å². The van der Waals surface area contributed by atoms with Crippen LogP contribution in [0.4, 0.5) is 9.18 Å². The quantitative estimate of drug-likeness (QED) is 0.613. The lowest BCUT2D eigenvalue weighted by Gasteiger charge is -2.35. The summed E-state index contributed by atoms with van der Waals surface area (Å²) < 4.78 is 20.3. The molecule has 4 atom stereocenters. The van der Waals surface area contributed by atoms with Crippen molar-refractivity contribution in [1.29, 1.82) is 5.26 Å². The molecular weight excluding hydrogens is 439 g/mol. The minimum atomic E-state index is -0.641. The monoisotopic (exact) mass is 464 g/mol. The highest BCUT2D eigenvalue weighted by atomic mass is 79.9. The van der Waals surface area contributed by atoms with E-state index in [-0.39, 0.29) is 30.6 Å². The van der Waals surface area contributed by atoms with Gasteiger partial charge in [-0.15, -0.1) is 0 Å². The Kier molecular flexibility index (Phi) is 6.33. The number of fused-ring (bicyclic) bond motifs is 2. The molecule has 1 aromatic carbocycles. The number of hydrogen-bond donors (Lipinski definition) is 0. The Balaban J connectivity index is 1.72. The Morgan fingerprint density at radius 1 is 1.38 bits per heavy atom. The van der Waals surface area contributed by atoms with Gasteiger partial charge >= 0.3 is 6.09 Å². The van der Waals surface area contributed by atoms with Crippen LogP contribution in [0.25, 0.3) is 0 Å². The number of hydrogen-bond acceptors (Lipinski definition) is 4. The number of benzene rings is 1. The summed E-state index contributed by atoms with van der Waals surface area (Å²) in [6.07, 6.45) is 2.27. The maximum absolute atomic E-state index is 14.1. The number of nitrogens with zero attached hydrogens (tertiary/aromatic N) is 2. The predicted molar refractivity (Wildman–Crippen MR) is 110 cm³/mol. The Morgan fingerprint density at radius 2 is 2.10 bits per heavy atom. The summed E-state index contributed by atoms with van der Waals surface area (Å²) in [5.74, 6) is -1.06. The van der Waals surface area contributed by atoms with E-state index in [1.807, 2.05) is 0 Å². The lowest BCUT2D eigenvalue weighted by molar-refractivity contribution is -0.126. The number of halogens is 2. The molecule has 0 radical (unpaired) electrons. The van der Waals surface area contributed by atoms with E-state index in [9.17, 15) is 19.2 Å². The van der Waals surface area contributed by atoms with E-state index in [1.54, 1.807) is 37.8 Å². The number of piperidine rings is 1. The molecule has 1 aliphatic heterocycles. The third-order valence-electron chi connectivity index (χ3n) is 5.63. The van der Waals surface area contributed by atoms with Gasteiger partial charge in [-0.05, 0) is 70.1 Å². The highest BCUT2D eigenvalue weighted by molar-refractivity contribution is 9.10. The summed E-state index contributed by atoms with van der Waals surface area (Å²) in [5, 5.41) is 9.55. The van der Waals surface area contributed by atoms with E-state index < -0.39 is 29.5 Å². The van der Waals surface area contributed by atoms with E-state index in [1.165, 1.54) is 6.07 Å². The van der Waals surface area contributed by atoms with Crippen LogP contribution in [0.15, 0.2) is 22.7 Å². The molecule has 5 nitrogen and oxygen atoms in total. The van der Waals surface area contributed by atoms with Crippen LogP contribution < -0.4 is 0 Å².